The Morgan fingerprint density at radius 1 is 0.273 bits per heavy atom. The normalized spacial score (nSPS) is 11.6. The molecule has 0 atom stereocenters. The van der Waals surface area contributed by atoms with Gasteiger partial charge in [-0.1, -0.05) is 206 Å². The highest BCUT2D eigenvalue weighted by molar-refractivity contribution is 6.19. The lowest BCUT2D eigenvalue weighted by atomic mass is 9.92. The van der Waals surface area contributed by atoms with Crippen molar-refractivity contribution >= 4 is 82.0 Å². The molecule has 66 heavy (non-hydrogen) atoms. The number of aromatic nitrogens is 1. The summed E-state index contributed by atoms with van der Waals surface area (Å²) in [5.41, 5.74) is 14.0. The van der Waals surface area contributed by atoms with Crippen LogP contribution in [0.3, 0.4) is 0 Å². The summed E-state index contributed by atoms with van der Waals surface area (Å²) in [6.07, 6.45) is 0. The Hall–Kier alpha value is -8.72. The van der Waals surface area contributed by atoms with Crippen LogP contribution in [0.1, 0.15) is 0 Å². The monoisotopic (exact) mass is 838 g/mol. The van der Waals surface area contributed by atoms with Crippen LogP contribution in [0.5, 0.6) is 0 Å². The van der Waals surface area contributed by atoms with Crippen LogP contribution in [0.15, 0.2) is 255 Å². The Labute approximate surface area is 383 Å². The molecule has 0 fully saturated rings. The van der Waals surface area contributed by atoms with Crippen molar-refractivity contribution < 1.29 is 0 Å². The lowest BCUT2D eigenvalue weighted by molar-refractivity contribution is 1.19. The van der Waals surface area contributed by atoms with E-state index < -0.39 is 0 Å². The third-order valence-corrected chi connectivity index (χ3v) is 13.5. The topological polar surface area (TPSA) is 8.17 Å². The second kappa shape index (κ2) is 15.5. The van der Waals surface area contributed by atoms with Gasteiger partial charge in [0.1, 0.15) is 0 Å². The highest BCUT2D eigenvalue weighted by atomic mass is 15.1. The molecule has 2 heteroatoms. The van der Waals surface area contributed by atoms with Crippen LogP contribution in [0.4, 0.5) is 17.1 Å². The molecule has 0 aliphatic carbocycles. The van der Waals surface area contributed by atoms with Crippen molar-refractivity contribution in [2.45, 2.75) is 0 Å². The SMILES string of the molecule is c1cc(-c2ccc(N(c3ccccc3-c3ccc4ccccc4c3)c3ccc(-c4cccc5ccccc45)c4ccccc34)cc2)cc(-n2c3ccccc3c3ccc4ccccc4c32)c1. The molecule has 0 radical (unpaired) electrons. The summed E-state index contributed by atoms with van der Waals surface area (Å²) in [5, 5.41) is 12.4. The van der Waals surface area contributed by atoms with Gasteiger partial charge in [0, 0.05) is 38.5 Å². The highest BCUT2D eigenvalue weighted by Crippen LogP contribution is 2.47. The van der Waals surface area contributed by atoms with Crippen LogP contribution in [-0.2, 0) is 0 Å². The molecule has 1 heterocycles. The number of anilines is 3. The summed E-state index contributed by atoms with van der Waals surface area (Å²) in [4.78, 5) is 2.46. The van der Waals surface area contributed by atoms with E-state index in [0.29, 0.717) is 0 Å². The number of para-hydroxylation sites is 2. The fraction of sp³-hybridized carbons (Fsp3) is 0. The van der Waals surface area contributed by atoms with Gasteiger partial charge in [0.05, 0.1) is 22.4 Å². The van der Waals surface area contributed by atoms with Gasteiger partial charge in [0.2, 0.25) is 0 Å². The zero-order valence-corrected chi connectivity index (χ0v) is 36.1. The first-order valence-electron chi connectivity index (χ1n) is 22.8. The Balaban J connectivity index is 0.979. The molecule has 2 nitrogen and oxygen atoms in total. The summed E-state index contributed by atoms with van der Waals surface area (Å²) < 4.78 is 2.45. The van der Waals surface area contributed by atoms with Crippen LogP contribution in [0, 0.1) is 0 Å². The van der Waals surface area contributed by atoms with Crippen LogP contribution in [-0.4, -0.2) is 4.57 Å². The predicted octanol–water partition coefficient (Wildman–Crippen LogP) is 17.9. The number of fused-ring (bicyclic) bond motifs is 8. The molecular formula is C64H42N2. The highest BCUT2D eigenvalue weighted by Gasteiger charge is 2.22. The lowest BCUT2D eigenvalue weighted by Gasteiger charge is -2.30. The molecule has 0 aliphatic heterocycles. The molecule has 0 aliphatic rings. The molecule has 12 aromatic carbocycles. The van der Waals surface area contributed by atoms with Crippen molar-refractivity contribution in [3.8, 4) is 39.1 Å². The average molecular weight is 839 g/mol. The van der Waals surface area contributed by atoms with E-state index in [1.807, 2.05) is 0 Å². The Morgan fingerprint density at radius 3 is 1.71 bits per heavy atom. The third kappa shape index (κ3) is 6.18. The van der Waals surface area contributed by atoms with Crippen molar-refractivity contribution in [3.63, 3.8) is 0 Å². The molecule has 0 bridgehead atoms. The maximum absolute atomic E-state index is 2.46. The van der Waals surface area contributed by atoms with Crippen molar-refractivity contribution in [2.24, 2.45) is 0 Å². The van der Waals surface area contributed by atoms with Crippen LogP contribution in [0.25, 0.3) is 104 Å². The van der Waals surface area contributed by atoms with E-state index in [1.165, 1.54) is 92.7 Å². The first kappa shape index (κ1) is 37.8. The van der Waals surface area contributed by atoms with Gasteiger partial charge in [-0.2, -0.15) is 0 Å². The maximum atomic E-state index is 2.46. The fourth-order valence-corrected chi connectivity index (χ4v) is 10.5. The average Bonchev–Trinajstić information content (AvgIpc) is 3.74. The predicted molar refractivity (Wildman–Crippen MR) is 282 cm³/mol. The lowest BCUT2D eigenvalue weighted by Crippen LogP contribution is -2.12. The van der Waals surface area contributed by atoms with Crippen LogP contribution < -0.4 is 4.90 Å². The molecule has 1 aromatic heterocycles. The van der Waals surface area contributed by atoms with Crippen LogP contribution in [0.2, 0.25) is 0 Å². The van der Waals surface area contributed by atoms with E-state index in [4.69, 9.17) is 0 Å². The molecular weight excluding hydrogens is 797 g/mol. The smallest absolute Gasteiger partial charge is 0.0619 e. The molecule has 13 aromatic rings. The quantitative estimate of drug-likeness (QED) is 0.155. The standard InChI is InChI=1S/C64H42N2/c1-2-18-47-41-49(32-31-43(47)15-1)53-23-9-11-29-61(53)65(63-40-39-57(56-25-7-8-26-58(56)63)55-28-14-19-45-16-3-5-22-52(45)55)50-36-33-44(34-37-50)48-20-13-21-51(42-48)66-62-30-12-10-27-59(62)60-38-35-46-17-4-6-24-54(46)64(60)66/h1-42H. The molecule has 0 unspecified atom stereocenters. The van der Waals surface area contributed by atoms with Gasteiger partial charge < -0.3 is 9.47 Å². The largest absolute Gasteiger partial charge is 0.309 e. The minimum absolute atomic E-state index is 1.08. The van der Waals surface area contributed by atoms with Gasteiger partial charge in [-0.3, -0.25) is 0 Å². The van der Waals surface area contributed by atoms with Crippen molar-refractivity contribution in [1.29, 1.82) is 0 Å². The van der Waals surface area contributed by atoms with Gasteiger partial charge in [0.15, 0.2) is 0 Å². The first-order valence-corrected chi connectivity index (χ1v) is 22.8. The van der Waals surface area contributed by atoms with E-state index in [-0.39, 0.29) is 0 Å². The first-order chi connectivity index (χ1) is 32.7. The van der Waals surface area contributed by atoms with E-state index in [1.54, 1.807) is 0 Å². The van der Waals surface area contributed by atoms with Gasteiger partial charge >= 0.3 is 0 Å². The number of hydrogen-bond acceptors (Lipinski definition) is 1. The number of benzene rings is 12. The summed E-state index contributed by atoms with van der Waals surface area (Å²) in [5.74, 6) is 0. The van der Waals surface area contributed by atoms with E-state index >= 15 is 0 Å². The summed E-state index contributed by atoms with van der Waals surface area (Å²) >= 11 is 0. The fourth-order valence-electron chi connectivity index (χ4n) is 10.5. The second-order valence-electron chi connectivity index (χ2n) is 17.3. The molecule has 0 saturated heterocycles. The minimum Gasteiger partial charge on any atom is -0.309 e. The zero-order valence-electron chi connectivity index (χ0n) is 36.1. The zero-order chi connectivity index (χ0) is 43.6. The summed E-state index contributed by atoms with van der Waals surface area (Å²) in [6.45, 7) is 0. The van der Waals surface area contributed by atoms with E-state index in [2.05, 4.69) is 264 Å². The molecule has 0 amide bonds. The Morgan fingerprint density at radius 2 is 0.864 bits per heavy atom. The number of hydrogen-bond donors (Lipinski definition) is 0. The Bertz CT molecular complexity index is 4000. The number of nitrogens with zero attached hydrogens (tertiary/aromatic N) is 2. The molecule has 0 spiro atoms. The van der Waals surface area contributed by atoms with E-state index in [0.717, 1.165) is 28.3 Å². The summed E-state index contributed by atoms with van der Waals surface area (Å²) in [6, 6.07) is 93.4. The summed E-state index contributed by atoms with van der Waals surface area (Å²) in [7, 11) is 0. The maximum Gasteiger partial charge on any atom is 0.0619 e. The third-order valence-electron chi connectivity index (χ3n) is 13.5. The van der Waals surface area contributed by atoms with E-state index in [9.17, 15) is 0 Å². The molecule has 0 saturated carbocycles. The Kier molecular flexibility index (Phi) is 8.89. The molecule has 0 N–H and O–H groups in total. The van der Waals surface area contributed by atoms with Crippen LogP contribution >= 0.6 is 0 Å². The van der Waals surface area contributed by atoms with Gasteiger partial charge in [0.25, 0.3) is 0 Å². The number of rotatable bonds is 7. The minimum atomic E-state index is 1.08. The van der Waals surface area contributed by atoms with Gasteiger partial charge in [-0.15, -0.1) is 0 Å². The van der Waals surface area contributed by atoms with Gasteiger partial charge in [-0.05, 0) is 109 Å². The van der Waals surface area contributed by atoms with Crippen molar-refractivity contribution in [3.05, 3.63) is 255 Å². The van der Waals surface area contributed by atoms with Gasteiger partial charge in [-0.25, -0.2) is 0 Å². The van der Waals surface area contributed by atoms with Crippen molar-refractivity contribution in [1.82, 2.24) is 4.57 Å². The molecule has 13 rings (SSSR count). The van der Waals surface area contributed by atoms with Crippen molar-refractivity contribution in [2.75, 3.05) is 4.90 Å². The second-order valence-corrected chi connectivity index (χ2v) is 17.3. The molecule has 308 valence electrons.